The lowest BCUT2D eigenvalue weighted by Crippen LogP contribution is -2.25. The van der Waals surface area contributed by atoms with Crippen LogP contribution in [0.2, 0.25) is 0 Å². The fourth-order valence-corrected chi connectivity index (χ4v) is 1.44. The van der Waals surface area contributed by atoms with Crippen LogP contribution in [-0.2, 0) is 14.3 Å². The molecule has 114 valence electrons. The number of hydrogen-bond donors (Lipinski definition) is 1. The number of carbonyl (C=O) groups is 2. The molecule has 0 aromatic heterocycles. The molecule has 1 amide bonds. The molecule has 1 N–H and O–H groups in total. The number of non-ortho nitro benzene ring substituents is 1. The molecular weight excluding hydrogens is 280 g/mol. The first kappa shape index (κ1) is 16.4. The molecule has 0 radical (unpaired) electrons. The Balaban J connectivity index is 2.75. The third-order valence-electron chi connectivity index (χ3n) is 2.56. The van der Waals surface area contributed by atoms with E-state index < -0.39 is 16.8 Å². The normalized spacial score (nSPS) is 9.81. The smallest absolute Gasteiger partial charge is 0.397 e. The van der Waals surface area contributed by atoms with Gasteiger partial charge in [-0.05, 0) is 12.5 Å². The first-order valence-electron chi connectivity index (χ1n) is 6.30. The molecule has 0 heterocycles. The van der Waals surface area contributed by atoms with Crippen molar-refractivity contribution in [1.82, 2.24) is 0 Å². The van der Waals surface area contributed by atoms with Crippen LogP contribution in [0.15, 0.2) is 18.2 Å². The molecule has 0 spiro atoms. The van der Waals surface area contributed by atoms with Crippen LogP contribution in [-0.4, -0.2) is 30.5 Å². The van der Waals surface area contributed by atoms with E-state index in [4.69, 9.17) is 9.47 Å². The summed E-state index contributed by atoms with van der Waals surface area (Å²) in [6.07, 6.45) is 1.50. The number of nitrogens with one attached hydrogen (secondary N) is 1. The van der Waals surface area contributed by atoms with Crippen molar-refractivity contribution < 1.29 is 24.0 Å². The molecule has 0 bridgehead atoms. The van der Waals surface area contributed by atoms with E-state index in [9.17, 15) is 19.7 Å². The van der Waals surface area contributed by atoms with Crippen molar-refractivity contribution in [2.24, 2.45) is 0 Å². The number of nitro benzene ring substituents is 1. The Hall–Kier alpha value is -2.64. The topological polar surface area (TPSA) is 108 Å². The summed E-state index contributed by atoms with van der Waals surface area (Å²) >= 11 is 0. The fraction of sp³-hybridized carbons (Fsp3) is 0.385. The van der Waals surface area contributed by atoms with E-state index in [0.29, 0.717) is 6.42 Å². The van der Waals surface area contributed by atoms with Crippen molar-refractivity contribution in [3.63, 3.8) is 0 Å². The highest BCUT2D eigenvalue weighted by Gasteiger charge is 2.19. The third kappa shape index (κ3) is 4.75. The highest BCUT2D eigenvalue weighted by atomic mass is 16.6. The van der Waals surface area contributed by atoms with Crippen LogP contribution in [0.25, 0.3) is 0 Å². The van der Waals surface area contributed by atoms with Gasteiger partial charge in [0, 0.05) is 6.07 Å². The van der Waals surface area contributed by atoms with E-state index in [0.717, 1.165) is 12.5 Å². The highest BCUT2D eigenvalue weighted by Crippen LogP contribution is 2.28. The number of anilines is 1. The second kappa shape index (κ2) is 7.83. The zero-order valence-corrected chi connectivity index (χ0v) is 11.8. The van der Waals surface area contributed by atoms with Gasteiger partial charge in [0.05, 0.1) is 30.4 Å². The first-order valence-corrected chi connectivity index (χ1v) is 6.30. The number of ether oxygens (including phenoxy) is 2. The summed E-state index contributed by atoms with van der Waals surface area (Å²) < 4.78 is 9.70. The van der Waals surface area contributed by atoms with Gasteiger partial charge in [-0.3, -0.25) is 14.9 Å². The molecule has 1 aromatic rings. The maximum Gasteiger partial charge on any atom is 0.397 e. The molecule has 21 heavy (non-hydrogen) atoms. The second-order valence-electron chi connectivity index (χ2n) is 4.09. The lowest BCUT2D eigenvalue weighted by atomic mass is 10.2. The van der Waals surface area contributed by atoms with Crippen LogP contribution in [0.4, 0.5) is 11.4 Å². The molecule has 0 aliphatic heterocycles. The van der Waals surface area contributed by atoms with Gasteiger partial charge in [-0.15, -0.1) is 0 Å². The summed E-state index contributed by atoms with van der Waals surface area (Å²) in [7, 11) is 1.30. The minimum atomic E-state index is -1.01. The molecule has 8 heteroatoms. The maximum absolute atomic E-state index is 11.6. The van der Waals surface area contributed by atoms with E-state index in [1.54, 1.807) is 0 Å². The van der Waals surface area contributed by atoms with Crippen molar-refractivity contribution in [3.8, 4) is 5.75 Å². The summed E-state index contributed by atoms with van der Waals surface area (Å²) in [5, 5.41) is 12.9. The van der Waals surface area contributed by atoms with Crippen molar-refractivity contribution in [2.45, 2.75) is 19.8 Å². The van der Waals surface area contributed by atoms with Crippen molar-refractivity contribution >= 4 is 23.3 Å². The number of nitrogens with zero attached hydrogens (tertiary/aromatic N) is 1. The van der Waals surface area contributed by atoms with Crippen molar-refractivity contribution in [3.05, 3.63) is 28.3 Å². The summed E-state index contributed by atoms with van der Waals surface area (Å²) in [4.78, 5) is 33.1. The van der Waals surface area contributed by atoms with E-state index in [1.165, 1.54) is 19.2 Å². The van der Waals surface area contributed by atoms with Gasteiger partial charge in [0.2, 0.25) is 0 Å². The van der Waals surface area contributed by atoms with Crippen LogP contribution in [0.1, 0.15) is 19.8 Å². The van der Waals surface area contributed by atoms with Crippen LogP contribution in [0, 0.1) is 10.1 Å². The zero-order valence-electron chi connectivity index (χ0n) is 11.8. The van der Waals surface area contributed by atoms with Crippen LogP contribution >= 0.6 is 0 Å². The van der Waals surface area contributed by atoms with Gasteiger partial charge in [-0.2, -0.15) is 0 Å². The van der Waals surface area contributed by atoms with E-state index >= 15 is 0 Å². The lowest BCUT2D eigenvalue weighted by Gasteiger charge is -2.09. The van der Waals surface area contributed by atoms with Gasteiger partial charge in [0.1, 0.15) is 5.75 Å². The Bertz CT molecular complexity index is 543. The summed E-state index contributed by atoms with van der Waals surface area (Å²) in [6.45, 7) is 2.09. The number of nitro groups is 1. The monoisotopic (exact) mass is 296 g/mol. The van der Waals surface area contributed by atoms with Crippen LogP contribution < -0.4 is 10.1 Å². The molecule has 0 saturated carbocycles. The number of methoxy groups -OCH3 is 1. The standard InChI is InChI=1S/C13H16N2O6/c1-3-4-7-21-13(17)12(16)14-10-6-5-9(15(18)19)8-11(10)20-2/h5-6,8H,3-4,7H2,1-2H3,(H,14,16). The van der Waals surface area contributed by atoms with Crippen LogP contribution in [0.3, 0.4) is 0 Å². The molecule has 0 aliphatic rings. The van der Waals surface area contributed by atoms with Crippen molar-refractivity contribution in [2.75, 3.05) is 19.0 Å². The number of unbranched alkanes of at least 4 members (excludes halogenated alkanes) is 1. The number of rotatable bonds is 6. The van der Waals surface area contributed by atoms with Gasteiger partial charge in [-0.1, -0.05) is 13.3 Å². The Morgan fingerprint density at radius 2 is 2.10 bits per heavy atom. The van der Waals surface area contributed by atoms with Gasteiger partial charge < -0.3 is 14.8 Å². The zero-order chi connectivity index (χ0) is 15.8. The Kier molecular flexibility index (Phi) is 6.12. The molecule has 8 nitrogen and oxygen atoms in total. The number of amides is 1. The summed E-state index contributed by atoms with van der Waals surface area (Å²) in [5.74, 6) is -1.89. The fourth-order valence-electron chi connectivity index (χ4n) is 1.44. The van der Waals surface area contributed by atoms with Crippen molar-refractivity contribution in [1.29, 1.82) is 0 Å². The largest absolute Gasteiger partial charge is 0.494 e. The molecule has 0 unspecified atom stereocenters. The highest BCUT2D eigenvalue weighted by molar-refractivity contribution is 6.37. The quantitative estimate of drug-likeness (QED) is 0.282. The lowest BCUT2D eigenvalue weighted by molar-refractivity contribution is -0.384. The number of hydrogen-bond acceptors (Lipinski definition) is 6. The molecule has 0 fully saturated rings. The number of carbonyl (C=O) groups excluding carboxylic acids is 2. The predicted molar refractivity (Wildman–Crippen MR) is 74.1 cm³/mol. The van der Waals surface area contributed by atoms with Gasteiger partial charge in [0.25, 0.3) is 5.69 Å². The summed E-state index contributed by atoms with van der Waals surface area (Å²) in [5.41, 5.74) is -0.0316. The molecular formula is C13H16N2O6. The molecule has 0 aliphatic carbocycles. The maximum atomic E-state index is 11.6. The molecule has 1 aromatic carbocycles. The number of benzene rings is 1. The van der Waals surface area contributed by atoms with Gasteiger partial charge in [0.15, 0.2) is 0 Å². The number of esters is 1. The average Bonchev–Trinajstić information content (AvgIpc) is 2.47. The Labute approximate surface area is 121 Å². The van der Waals surface area contributed by atoms with Gasteiger partial charge >= 0.3 is 11.9 Å². The summed E-state index contributed by atoms with van der Waals surface area (Å²) in [6, 6.07) is 3.63. The van der Waals surface area contributed by atoms with E-state index in [-0.39, 0.29) is 23.7 Å². The van der Waals surface area contributed by atoms with E-state index in [1.807, 2.05) is 6.92 Å². The predicted octanol–water partition coefficient (Wildman–Crippen LogP) is 1.89. The molecule has 0 atom stereocenters. The SMILES string of the molecule is CCCCOC(=O)C(=O)Nc1ccc([N+](=O)[O-])cc1OC. The molecule has 0 saturated heterocycles. The van der Waals surface area contributed by atoms with E-state index in [2.05, 4.69) is 5.32 Å². The minimum absolute atomic E-state index is 0.0823. The van der Waals surface area contributed by atoms with Crippen LogP contribution in [0.5, 0.6) is 5.75 Å². The average molecular weight is 296 g/mol. The first-order chi connectivity index (χ1) is 9.99. The molecule has 1 rings (SSSR count). The Morgan fingerprint density at radius 3 is 2.67 bits per heavy atom. The van der Waals surface area contributed by atoms with Gasteiger partial charge in [-0.25, -0.2) is 4.79 Å². The minimum Gasteiger partial charge on any atom is -0.494 e. The third-order valence-corrected chi connectivity index (χ3v) is 2.56. The Morgan fingerprint density at radius 1 is 1.38 bits per heavy atom. The second-order valence-corrected chi connectivity index (χ2v) is 4.09.